The van der Waals surface area contributed by atoms with Crippen molar-refractivity contribution in [1.82, 2.24) is 4.90 Å². The maximum absolute atomic E-state index is 12.8. The number of nitrogens with zero attached hydrogens (tertiary/aromatic N) is 1. The van der Waals surface area contributed by atoms with Crippen molar-refractivity contribution in [3.8, 4) is 0 Å². The number of benzene rings is 2. The maximum Gasteiger partial charge on any atom is 0.258 e. The molecule has 0 saturated carbocycles. The van der Waals surface area contributed by atoms with E-state index in [1.165, 1.54) is 7.11 Å². The molecule has 1 atom stereocenters. The van der Waals surface area contributed by atoms with Crippen LogP contribution in [-0.2, 0) is 14.3 Å². The highest BCUT2D eigenvalue weighted by Gasteiger charge is 2.24. The molecule has 0 unspecified atom stereocenters. The smallest absolute Gasteiger partial charge is 0.258 e. The first kappa shape index (κ1) is 18.1. The van der Waals surface area contributed by atoms with Crippen LogP contribution in [-0.4, -0.2) is 50.1 Å². The van der Waals surface area contributed by atoms with Crippen molar-refractivity contribution in [2.45, 2.75) is 6.10 Å². The minimum Gasteiger partial charge on any atom is -0.378 e. The quantitative estimate of drug-likeness (QED) is 0.896. The number of amides is 2. The van der Waals surface area contributed by atoms with Crippen LogP contribution in [0.3, 0.4) is 0 Å². The zero-order chi connectivity index (χ0) is 18.4. The van der Waals surface area contributed by atoms with E-state index < -0.39 is 6.10 Å². The summed E-state index contributed by atoms with van der Waals surface area (Å²) in [6.45, 7) is 2.15. The van der Waals surface area contributed by atoms with Crippen molar-refractivity contribution in [3.63, 3.8) is 0 Å². The fourth-order valence-corrected chi connectivity index (χ4v) is 2.94. The highest BCUT2D eigenvalue weighted by molar-refractivity contribution is 6.04. The third-order valence-corrected chi connectivity index (χ3v) is 4.29. The summed E-state index contributed by atoms with van der Waals surface area (Å²) >= 11 is 0. The standard InChI is InChI=1S/C20H22N2O4/c1-25-18(15-7-3-2-4-8-15)19(23)21-17-10-6-5-9-16(17)20(24)22-11-13-26-14-12-22/h2-10,18H,11-14H2,1H3,(H,21,23)/t18-/m1/s1. The van der Waals surface area contributed by atoms with Gasteiger partial charge in [-0.25, -0.2) is 0 Å². The molecule has 0 spiro atoms. The van der Waals surface area contributed by atoms with Crippen molar-refractivity contribution >= 4 is 17.5 Å². The third kappa shape index (κ3) is 4.09. The number of hydrogen-bond acceptors (Lipinski definition) is 4. The molecule has 26 heavy (non-hydrogen) atoms. The molecular weight excluding hydrogens is 332 g/mol. The van der Waals surface area contributed by atoms with Gasteiger partial charge in [-0.05, 0) is 17.7 Å². The fraction of sp³-hybridized carbons (Fsp3) is 0.300. The second kappa shape index (κ2) is 8.60. The predicted octanol–water partition coefficient (Wildman–Crippen LogP) is 2.49. The molecule has 3 rings (SSSR count). The van der Waals surface area contributed by atoms with Gasteiger partial charge < -0.3 is 19.7 Å². The van der Waals surface area contributed by atoms with Crippen LogP contribution >= 0.6 is 0 Å². The highest BCUT2D eigenvalue weighted by atomic mass is 16.5. The van der Waals surface area contributed by atoms with Gasteiger partial charge in [-0.1, -0.05) is 42.5 Å². The predicted molar refractivity (Wildman–Crippen MR) is 98.0 cm³/mol. The van der Waals surface area contributed by atoms with Gasteiger partial charge in [0.15, 0.2) is 6.10 Å². The Morgan fingerprint density at radius 3 is 2.38 bits per heavy atom. The minimum atomic E-state index is -0.747. The van der Waals surface area contributed by atoms with Gasteiger partial charge in [0.1, 0.15) is 0 Å². The zero-order valence-corrected chi connectivity index (χ0v) is 14.7. The van der Waals surface area contributed by atoms with Crippen molar-refractivity contribution in [2.24, 2.45) is 0 Å². The molecule has 0 aliphatic carbocycles. The second-order valence-corrected chi connectivity index (χ2v) is 5.97. The molecule has 2 amide bonds. The second-order valence-electron chi connectivity index (χ2n) is 5.97. The molecule has 0 aromatic heterocycles. The van der Waals surface area contributed by atoms with Gasteiger partial charge in [0.05, 0.1) is 24.5 Å². The molecule has 6 nitrogen and oxygen atoms in total. The monoisotopic (exact) mass is 354 g/mol. The number of carbonyl (C=O) groups is 2. The minimum absolute atomic E-state index is 0.113. The number of methoxy groups -OCH3 is 1. The molecular formula is C20H22N2O4. The summed E-state index contributed by atoms with van der Waals surface area (Å²) in [5.74, 6) is -0.432. The largest absolute Gasteiger partial charge is 0.378 e. The number of carbonyl (C=O) groups excluding carboxylic acids is 2. The number of para-hydroxylation sites is 1. The molecule has 1 fully saturated rings. The Morgan fingerprint density at radius 1 is 1.04 bits per heavy atom. The Bertz CT molecular complexity index is 757. The molecule has 1 heterocycles. The van der Waals surface area contributed by atoms with E-state index in [0.717, 1.165) is 5.56 Å². The lowest BCUT2D eigenvalue weighted by Gasteiger charge is -2.27. The SMILES string of the molecule is CO[C@@H](C(=O)Nc1ccccc1C(=O)N1CCOCC1)c1ccccc1. The topological polar surface area (TPSA) is 67.9 Å². The van der Waals surface area contributed by atoms with Crippen LogP contribution in [0, 0.1) is 0 Å². The van der Waals surface area contributed by atoms with Crippen molar-refractivity contribution in [1.29, 1.82) is 0 Å². The Labute approximate surface area is 152 Å². The first-order chi connectivity index (χ1) is 12.7. The van der Waals surface area contributed by atoms with Gasteiger partial charge in [-0.15, -0.1) is 0 Å². The molecule has 0 bridgehead atoms. The number of anilines is 1. The van der Waals surface area contributed by atoms with Crippen LogP contribution in [0.25, 0.3) is 0 Å². The Balaban J connectivity index is 1.79. The van der Waals surface area contributed by atoms with E-state index in [2.05, 4.69) is 5.32 Å². The number of rotatable bonds is 5. The molecule has 0 radical (unpaired) electrons. The lowest BCUT2D eigenvalue weighted by Crippen LogP contribution is -2.41. The zero-order valence-electron chi connectivity index (χ0n) is 14.7. The average Bonchev–Trinajstić information content (AvgIpc) is 2.70. The molecule has 1 N–H and O–H groups in total. The first-order valence-corrected chi connectivity index (χ1v) is 8.55. The van der Waals surface area contributed by atoms with Gasteiger partial charge in [-0.2, -0.15) is 0 Å². The highest BCUT2D eigenvalue weighted by Crippen LogP contribution is 2.22. The van der Waals surface area contributed by atoms with Crippen LogP contribution in [0.4, 0.5) is 5.69 Å². The van der Waals surface area contributed by atoms with E-state index in [9.17, 15) is 9.59 Å². The molecule has 1 aliphatic rings. The number of ether oxygens (including phenoxy) is 2. The van der Waals surface area contributed by atoms with E-state index in [-0.39, 0.29) is 11.8 Å². The van der Waals surface area contributed by atoms with E-state index in [4.69, 9.17) is 9.47 Å². The van der Waals surface area contributed by atoms with Gasteiger partial charge in [-0.3, -0.25) is 9.59 Å². The average molecular weight is 354 g/mol. The van der Waals surface area contributed by atoms with Crippen LogP contribution in [0.2, 0.25) is 0 Å². The van der Waals surface area contributed by atoms with Crippen molar-refractivity contribution in [3.05, 3.63) is 65.7 Å². The van der Waals surface area contributed by atoms with Gasteiger partial charge in [0.2, 0.25) is 0 Å². The van der Waals surface area contributed by atoms with Gasteiger partial charge in [0, 0.05) is 20.2 Å². The summed E-state index contributed by atoms with van der Waals surface area (Å²) in [6.07, 6.45) is -0.747. The van der Waals surface area contributed by atoms with Gasteiger partial charge in [0.25, 0.3) is 11.8 Å². The molecule has 2 aromatic rings. The van der Waals surface area contributed by atoms with Crippen molar-refractivity contribution in [2.75, 3.05) is 38.7 Å². The normalized spacial score (nSPS) is 15.3. The van der Waals surface area contributed by atoms with Crippen LogP contribution < -0.4 is 5.32 Å². The summed E-state index contributed by atoms with van der Waals surface area (Å²) in [4.78, 5) is 27.2. The summed E-state index contributed by atoms with van der Waals surface area (Å²) in [6, 6.07) is 16.3. The summed E-state index contributed by atoms with van der Waals surface area (Å²) in [7, 11) is 1.49. The van der Waals surface area contributed by atoms with E-state index in [1.807, 2.05) is 30.3 Å². The Hall–Kier alpha value is -2.70. The number of morpholine rings is 1. The van der Waals surface area contributed by atoms with Crippen LogP contribution in [0.5, 0.6) is 0 Å². The third-order valence-electron chi connectivity index (χ3n) is 4.29. The van der Waals surface area contributed by atoms with Crippen LogP contribution in [0.15, 0.2) is 54.6 Å². The summed E-state index contributed by atoms with van der Waals surface area (Å²) in [5.41, 5.74) is 1.70. The molecule has 6 heteroatoms. The molecule has 1 saturated heterocycles. The lowest BCUT2D eigenvalue weighted by molar-refractivity contribution is -0.126. The first-order valence-electron chi connectivity index (χ1n) is 8.55. The number of hydrogen-bond donors (Lipinski definition) is 1. The van der Waals surface area contributed by atoms with E-state index in [1.54, 1.807) is 29.2 Å². The fourth-order valence-electron chi connectivity index (χ4n) is 2.94. The lowest BCUT2D eigenvalue weighted by atomic mass is 10.1. The van der Waals surface area contributed by atoms with Gasteiger partial charge >= 0.3 is 0 Å². The molecule has 1 aliphatic heterocycles. The Morgan fingerprint density at radius 2 is 1.69 bits per heavy atom. The maximum atomic E-state index is 12.8. The molecule has 2 aromatic carbocycles. The molecule has 136 valence electrons. The van der Waals surface area contributed by atoms with E-state index >= 15 is 0 Å². The van der Waals surface area contributed by atoms with Crippen LogP contribution in [0.1, 0.15) is 22.0 Å². The van der Waals surface area contributed by atoms with E-state index in [0.29, 0.717) is 37.6 Å². The summed E-state index contributed by atoms with van der Waals surface area (Å²) < 4.78 is 10.7. The Kier molecular flexibility index (Phi) is 5.99. The summed E-state index contributed by atoms with van der Waals surface area (Å²) in [5, 5.41) is 2.84. The number of nitrogens with one attached hydrogen (secondary N) is 1. The van der Waals surface area contributed by atoms with Crippen molar-refractivity contribution < 1.29 is 19.1 Å².